The lowest BCUT2D eigenvalue weighted by molar-refractivity contribution is -0.123. The Kier molecular flexibility index (Phi) is 4.67. The van der Waals surface area contributed by atoms with Gasteiger partial charge < -0.3 is 21.5 Å². The second-order valence-corrected chi connectivity index (χ2v) is 3.97. The van der Waals surface area contributed by atoms with E-state index in [9.17, 15) is 9.59 Å². The average Bonchev–Trinajstić information content (AvgIpc) is 2.28. The number of aryl methyl sites for hydroxylation is 1. The Labute approximate surface area is 105 Å². The van der Waals surface area contributed by atoms with E-state index in [0.29, 0.717) is 11.4 Å². The predicted molar refractivity (Wildman–Crippen MR) is 68.1 cm³/mol. The number of primary amides is 1. The SMILES string of the molecule is COc1ccc(C)cc1NC(=O)C(N)CC(N)=O. The predicted octanol–water partition coefficient (Wildman–Crippen LogP) is 0.145. The quantitative estimate of drug-likeness (QED) is 0.692. The smallest absolute Gasteiger partial charge is 0.241 e. The fourth-order valence-electron chi connectivity index (χ4n) is 1.45. The molecule has 6 heteroatoms. The molecular formula is C12H17N3O3. The van der Waals surface area contributed by atoms with E-state index in [1.165, 1.54) is 7.11 Å². The molecule has 0 spiro atoms. The maximum atomic E-state index is 11.7. The highest BCUT2D eigenvalue weighted by Gasteiger charge is 2.17. The van der Waals surface area contributed by atoms with Crippen LogP contribution in [0.5, 0.6) is 5.75 Å². The molecule has 0 bridgehead atoms. The van der Waals surface area contributed by atoms with Crippen LogP contribution in [0.1, 0.15) is 12.0 Å². The van der Waals surface area contributed by atoms with Crippen molar-refractivity contribution in [1.29, 1.82) is 0 Å². The summed E-state index contributed by atoms with van der Waals surface area (Å²) in [7, 11) is 1.50. The van der Waals surface area contributed by atoms with E-state index < -0.39 is 17.9 Å². The molecule has 1 unspecified atom stereocenters. The van der Waals surface area contributed by atoms with Crippen molar-refractivity contribution >= 4 is 17.5 Å². The van der Waals surface area contributed by atoms with Gasteiger partial charge in [0.05, 0.1) is 25.3 Å². The molecule has 1 aromatic carbocycles. The van der Waals surface area contributed by atoms with Crippen LogP contribution in [-0.4, -0.2) is 25.0 Å². The van der Waals surface area contributed by atoms with Gasteiger partial charge in [-0.1, -0.05) is 6.07 Å². The number of carbonyl (C=O) groups excluding carboxylic acids is 2. The standard InChI is InChI=1S/C12H17N3O3/c1-7-3-4-10(18-2)9(5-7)15-12(17)8(13)6-11(14)16/h3-5,8H,6,13H2,1-2H3,(H2,14,16)(H,15,17). The van der Waals surface area contributed by atoms with Crippen LogP contribution in [0.25, 0.3) is 0 Å². The number of ether oxygens (including phenoxy) is 1. The normalized spacial score (nSPS) is 11.7. The molecule has 0 saturated carbocycles. The molecule has 0 aliphatic rings. The lowest BCUT2D eigenvalue weighted by Gasteiger charge is -2.13. The summed E-state index contributed by atoms with van der Waals surface area (Å²) in [6.45, 7) is 1.89. The minimum atomic E-state index is -0.965. The lowest BCUT2D eigenvalue weighted by Crippen LogP contribution is -2.39. The first-order chi connectivity index (χ1) is 8.43. The molecule has 1 atom stereocenters. The summed E-state index contributed by atoms with van der Waals surface area (Å²) in [5, 5.41) is 2.61. The third-order valence-electron chi connectivity index (χ3n) is 2.37. The minimum absolute atomic E-state index is 0.194. The first-order valence-corrected chi connectivity index (χ1v) is 5.43. The average molecular weight is 251 g/mol. The van der Waals surface area contributed by atoms with Crippen LogP contribution >= 0.6 is 0 Å². The first-order valence-electron chi connectivity index (χ1n) is 5.43. The fraction of sp³-hybridized carbons (Fsp3) is 0.333. The lowest BCUT2D eigenvalue weighted by atomic mass is 10.1. The number of nitrogens with one attached hydrogen (secondary N) is 1. The van der Waals surface area contributed by atoms with Crippen LogP contribution in [0.15, 0.2) is 18.2 Å². The van der Waals surface area contributed by atoms with Crippen LogP contribution in [-0.2, 0) is 9.59 Å². The van der Waals surface area contributed by atoms with Gasteiger partial charge in [0.25, 0.3) is 0 Å². The largest absolute Gasteiger partial charge is 0.495 e. The maximum Gasteiger partial charge on any atom is 0.241 e. The molecule has 0 aromatic heterocycles. The van der Waals surface area contributed by atoms with Crippen molar-refractivity contribution in [3.8, 4) is 5.75 Å². The summed E-state index contributed by atoms with van der Waals surface area (Å²) >= 11 is 0. The van der Waals surface area contributed by atoms with Crippen LogP contribution < -0.4 is 21.5 Å². The Hall–Kier alpha value is -2.08. The van der Waals surface area contributed by atoms with E-state index in [-0.39, 0.29) is 6.42 Å². The second-order valence-electron chi connectivity index (χ2n) is 3.97. The molecule has 18 heavy (non-hydrogen) atoms. The van der Waals surface area contributed by atoms with Gasteiger partial charge in [0.2, 0.25) is 11.8 Å². The van der Waals surface area contributed by atoms with Gasteiger partial charge in [0.1, 0.15) is 5.75 Å². The van der Waals surface area contributed by atoms with Crippen molar-refractivity contribution in [1.82, 2.24) is 0 Å². The Morgan fingerprint density at radius 2 is 2.11 bits per heavy atom. The Morgan fingerprint density at radius 1 is 1.44 bits per heavy atom. The number of anilines is 1. The van der Waals surface area contributed by atoms with Crippen molar-refractivity contribution in [2.45, 2.75) is 19.4 Å². The van der Waals surface area contributed by atoms with Crippen molar-refractivity contribution < 1.29 is 14.3 Å². The number of rotatable bonds is 5. The van der Waals surface area contributed by atoms with Gasteiger partial charge in [-0.2, -0.15) is 0 Å². The fourth-order valence-corrected chi connectivity index (χ4v) is 1.45. The number of amides is 2. The van der Waals surface area contributed by atoms with E-state index in [4.69, 9.17) is 16.2 Å². The van der Waals surface area contributed by atoms with Gasteiger partial charge in [0.15, 0.2) is 0 Å². The van der Waals surface area contributed by atoms with E-state index in [0.717, 1.165) is 5.56 Å². The molecule has 5 N–H and O–H groups in total. The van der Waals surface area contributed by atoms with Gasteiger partial charge in [-0.15, -0.1) is 0 Å². The number of hydrogen-bond donors (Lipinski definition) is 3. The number of carbonyl (C=O) groups is 2. The summed E-state index contributed by atoms with van der Waals surface area (Å²) in [4.78, 5) is 22.4. The van der Waals surface area contributed by atoms with Gasteiger partial charge in [-0.05, 0) is 24.6 Å². The molecule has 0 fully saturated rings. The number of methoxy groups -OCH3 is 1. The molecule has 0 radical (unpaired) electrons. The van der Waals surface area contributed by atoms with Gasteiger partial charge in [-0.25, -0.2) is 0 Å². The molecular weight excluding hydrogens is 234 g/mol. The zero-order valence-electron chi connectivity index (χ0n) is 10.4. The van der Waals surface area contributed by atoms with Gasteiger partial charge in [0, 0.05) is 0 Å². The first kappa shape index (κ1) is 14.0. The molecule has 0 heterocycles. The van der Waals surface area contributed by atoms with Crippen molar-refractivity contribution in [2.75, 3.05) is 12.4 Å². The molecule has 2 amide bonds. The molecule has 1 aromatic rings. The number of benzene rings is 1. The topological polar surface area (TPSA) is 107 Å². The Morgan fingerprint density at radius 3 is 2.67 bits per heavy atom. The Bertz CT molecular complexity index is 460. The highest BCUT2D eigenvalue weighted by atomic mass is 16.5. The summed E-state index contributed by atoms with van der Waals surface area (Å²) in [5.74, 6) is -0.563. The maximum absolute atomic E-state index is 11.7. The number of hydrogen-bond acceptors (Lipinski definition) is 4. The van der Waals surface area contributed by atoms with Crippen molar-refractivity contribution in [3.05, 3.63) is 23.8 Å². The van der Waals surface area contributed by atoms with Gasteiger partial charge >= 0.3 is 0 Å². The summed E-state index contributed by atoms with van der Waals surface area (Å²) in [6, 6.07) is 4.39. The van der Waals surface area contributed by atoms with Crippen LogP contribution in [0, 0.1) is 6.92 Å². The molecule has 0 aliphatic heterocycles. The van der Waals surface area contributed by atoms with Crippen molar-refractivity contribution in [2.24, 2.45) is 11.5 Å². The summed E-state index contributed by atoms with van der Waals surface area (Å²) in [6.07, 6.45) is -0.194. The number of nitrogens with two attached hydrogens (primary N) is 2. The Balaban J connectivity index is 2.80. The summed E-state index contributed by atoms with van der Waals surface area (Å²) in [5.41, 5.74) is 12.0. The van der Waals surface area contributed by atoms with E-state index in [1.54, 1.807) is 12.1 Å². The third-order valence-corrected chi connectivity index (χ3v) is 2.37. The van der Waals surface area contributed by atoms with Crippen LogP contribution in [0.4, 0.5) is 5.69 Å². The van der Waals surface area contributed by atoms with Crippen LogP contribution in [0.2, 0.25) is 0 Å². The molecule has 6 nitrogen and oxygen atoms in total. The third kappa shape index (κ3) is 3.74. The highest BCUT2D eigenvalue weighted by Crippen LogP contribution is 2.25. The van der Waals surface area contributed by atoms with E-state index >= 15 is 0 Å². The van der Waals surface area contributed by atoms with Gasteiger partial charge in [-0.3, -0.25) is 9.59 Å². The van der Waals surface area contributed by atoms with Crippen LogP contribution in [0.3, 0.4) is 0 Å². The molecule has 1 rings (SSSR count). The summed E-state index contributed by atoms with van der Waals surface area (Å²) < 4.78 is 5.11. The second kappa shape index (κ2) is 6.02. The molecule has 0 aliphatic carbocycles. The van der Waals surface area contributed by atoms with E-state index in [2.05, 4.69) is 5.32 Å². The monoisotopic (exact) mass is 251 g/mol. The zero-order valence-corrected chi connectivity index (χ0v) is 10.4. The van der Waals surface area contributed by atoms with Crippen molar-refractivity contribution in [3.63, 3.8) is 0 Å². The van der Waals surface area contributed by atoms with E-state index in [1.807, 2.05) is 13.0 Å². The highest BCUT2D eigenvalue weighted by molar-refractivity contribution is 5.98. The zero-order chi connectivity index (χ0) is 13.7. The minimum Gasteiger partial charge on any atom is -0.495 e. The molecule has 98 valence electrons. The molecule has 0 saturated heterocycles.